The number of piperazine rings is 1. The van der Waals surface area contributed by atoms with Crippen LogP contribution in [0.2, 0.25) is 0 Å². The van der Waals surface area contributed by atoms with Crippen LogP contribution < -0.4 is 0 Å². The molecule has 7 nitrogen and oxygen atoms in total. The molecule has 0 bridgehead atoms. The molecule has 2 saturated heterocycles. The number of hydrogen-bond acceptors (Lipinski definition) is 4. The Morgan fingerprint density at radius 1 is 1.32 bits per heavy atom. The molecule has 1 aromatic heterocycles. The van der Waals surface area contributed by atoms with Crippen LogP contribution in [0.25, 0.3) is 0 Å². The number of aryl methyl sites for hydroxylation is 3. The van der Waals surface area contributed by atoms with Gasteiger partial charge in [0.15, 0.2) is 0 Å². The highest BCUT2D eigenvalue weighted by molar-refractivity contribution is 5.89. The predicted octanol–water partition coefficient (Wildman–Crippen LogP) is 0.652. The van der Waals surface area contributed by atoms with Gasteiger partial charge in [-0.15, -0.1) is 0 Å². The summed E-state index contributed by atoms with van der Waals surface area (Å²) in [6.07, 6.45) is 1.32. The smallest absolute Gasteiger partial charge is 0.245 e. The molecule has 0 aromatic carbocycles. The maximum absolute atomic E-state index is 12.8. The highest BCUT2D eigenvalue weighted by atomic mass is 16.2. The van der Waals surface area contributed by atoms with E-state index in [-0.39, 0.29) is 23.9 Å². The summed E-state index contributed by atoms with van der Waals surface area (Å²) in [5.41, 5.74) is 2.02. The average Bonchev–Trinajstić information content (AvgIpc) is 3.11. The molecule has 0 saturated carbocycles. The Morgan fingerprint density at radius 3 is 2.64 bits per heavy atom. The zero-order valence-electron chi connectivity index (χ0n) is 15.9. The number of nitrogens with zero attached hydrogens (tertiary/aromatic N) is 5. The number of likely N-dealkylation sites (N-methyl/N-ethyl adjacent to an activating group) is 1. The number of hydrogen-bond donors (Lipinski definition) is 0. The SMILES string of the molecule is Cc1cc(C)n(CCC(=O)N2C[C@@H]3C[C@H](N(C)C)CN3C(=O)[C@@H]2C)n1. The lowest BCUT2D eigenvalue weighted by Gasteiger charge is -2.41. The Morgan fingerprint density at radius 2 is 2.04 bits per heavy atom. The lowest BCUT2D eigenvalue weighted by Crippen LogP contribution is -2.60. The van der Waals surface area contributed by atoms with E-state index >= 15 is 0 Å². The van der Waals surface area contributed by atoms with Gasteiger partial charge in [-0.25, -0.2) is 0 Å². The van der Waals surface area contributed by atoms with Crippen molar-refractivity contribution in [1.29, 1.82) is 0 Å². The van der Waals surface area contributed by atoms with Gasteiger partial charge in [0.05, 0.1) is 11.7 Å². The molecule has 0 aliphatic carbocycles. The average molecular weight is 347 g/mol. The summed E-state index contributed by atoms with van der Waals surface area (Å²) < 4.78 is 1.87. The van der Waals surface area contributed by atoms with Gasteiger partial charge in [-0.2, -0.15) is 5.10 Å². The second-order valence-electron chi connectivity index (χ2n) is 7.62. The van der Waals surface area contributed by atoms with E-state index in [9.17, 15) is 9.59 Å². The minimum absolute atomic E-state index is 0.0429. The lowest BCUT2D eigenvalue weighted by atomic mass is 10.1. The fourth-order valence-corrected chi connectivity index (χ4v) is 4.03. The summed E-state index contributed by atoms with van der Waals surface area (Å²) >= 11 is 0. The molecule has 0 radical (unpaired) electrons. The Labute approximate surface area is 149 Å². The molecule has 0 unspecified atom stereocenters. The molecule has 138 valence electrons. The Bertz CT molecular complexity index is 668. The molecule has 7 heteroatoms. The van der Waals surface area contributed by atoms with Crippen molar-refractivity contribution in [1.82, 2.24) is 24.5 Å². The highest BCUT2D eigenvalue weighted by Gasteiger charge is 2.45. The van der Waals surface area contributed by atoms with Gasteiger partial charge < -0.3 is 14.7 Å². The van der Waals surface area contributed by atoms with E-state index in [2.05, 4.69) is 10.00 Å². The lowest BCUT2D eigenvalue weighted by molar-refractivity contribution is -0.152. The van der Waals surface area contributed by atoms with Crippen LogP contribution in [0.5, 0.6) is 0 Å². The van der Waals surface area contributed by atoms with Crippen molar-refractivity contribution < 1.29 is 9.59 Å². The minimum Gasteiger partial charge on any atom is -0.335 e. The number of amides is 2. The van der Waals surface area contributed by atoms with Crippen LogP contribution in [0.1, 0.15) is 31.2 Å². The summed E-state index contributed by atoms with van der Waals surface area (Å²) in [6, 6.07) is 2.17. The molecular weight excluding hydrogens is 318 g/mol. The first kappa shape index (κ1) is 17.9. The summed E-state index contributed by atoms with van der Waals surface area (Å²) in [4.78, 5) is 31.4. The van der Waals surface area contributed by atoms with Crippen molar-refractivity contribution in [2.45, 2.75) is 58.3 Å². The molecule has 2 fully saturated rings. The second kappa shape index (κ2) is 6.78. The molecule has 3 rings (SSSR count). The van der Waals surface area contributed by atoms with Crippen molar-refractivity contribution in [2.75, 3.05) is 27.2 Å². The van der Waals surface area contributed by atoms with E-state index in [4.69, 9.17) is 0 Å². The van der Waals surface area contributed by atoms with Gasteiger partial charge in [-0.1, -0.05) is 0 Å². The molecule has 2 aliphatic heterocycles. The molecule has 2 aliphatic rings. The first-order valence-corrected chi connectivity index (χ1v) is 9.05. The van der Waals surface area contributed by atoms with Crippen molar-refractivity contribution in [3.63, 3.8) is 0 Å². The van der Waals surface area contributed by atoms with Gasteiger partial charge >= 0.3 is 0 Å². The predicted molar refractivity (Wildman–Crippen MR) is 95.1 cm³/mol. The van der Waals surface area contributed by atoms with E-state index in [1.165, 1.54) is 0 Å². The van der Waals surface area contributed by atoms with Gasteiger partial charge in [-0.05, 0) is 47.4 Å². The van der Waals surface area contributed by atoms with Crippen molar-refractivity contribution in [3.05, 3.63) is 17.5 Å². The van der Waals surface area contributed by atoms with Gasteiger partial charge in [0.25, 0.3) is 0 Å². The normalized spacial score (nSPS) is 26.5. The van der Waals surface area contributed by atoms with E-state index in [1.807, 2.05) is 50.5 Å². The number of rotatable bonds is 4. The third-order valence-corrected chi connectivity index (χ3v) is 5.60. The van der Waals surface area contributed by atoms with E-state index < -0.39 is 0 Å². The Kier molecular flexibility index (Phi) is 4.86. The van der Waals surface area contributed by atoms with Gasteiger partial charge in [0, 0.05) is 37.8 Å². The monoisotopic (exact) mass is 347 g/mol. The van der Waals surface area contributed by atoms with Crippen molar-refractivity contribution in [2.24, 2.45) is 0 Å². The fraction of sp³-hybridized carbons (Fsp3) is 0.722. The van der Waals surface area contributed by atoms with E-state index in [0.717, 1.165) is 24.4 Å². The molecule has 0 spiro atoms. The topological polar surface area (TPSA) is 61.7 Å². The standard InChI is InChI=1S/C18H29N5O2/c1-12-8-13(2)23(19-12)7-6-17(24)21-11-16-9-15(20(4)5)10-22(16)18(25)14(21)3/h8,14-16H,6-7,9-11H2,1-5H3/t14-,15-,16-/m0/s1. The van der Waals surface area contributed by atoms with Crippen LogP contribution in [0.3, 0.4) is 0 Å². The summed E-state index contributed by atoms with van der Waals surface area (Å²) in [6.45, 7) is 7.77. The Balaban J connectivity index is 1.65. The third-order valence-electron chi connectivity index (χ3n) is 5.60. The number of fused-ring (bicyclic) bond motifs is 1. The van der Waals surface area contributed by atoms with Crippen LogP contribution in [0.4, 0.5) is 0 Å². The van der Waals surface area contributed by atoms with Gasteiger partial charge in [0.1, 0.15) is 6.04 Å². The summed E-state index contributed by atoms with van der Waals surface area (Å²) in [5.74, 6) is 0.126. The van der Waals surface area contributed by atoms with E-state index in [0.29, 0.717) is 25.6 Å². The molecule has 0 N–H and O–H groups in total. The summed E-state index contributed by atoms with van der Waals surface area (Å²) in [7, 11) is 4.10. The zero-order valence-corrected chi connectivity index (χ0v) is 15.9. The van der Waals surface area contributed by atoms with Crippen LogP contribution in [-0.2, 0) is 16.1 Å². The molecule has 3 atom stereocenters. The summed E-state index contributed by atoms with van der Waals surface area (Å²) in [5, 5.41) is 4.41. The first-order valence-electron chi connectivity index (χ1n) is 9.05. The van der Waals surface area contributed by atoms with Crippen LogP contribution >= 0.6 is 0 Å². The van der Waals surface area contributed by atoms with E-state index in [1.54, 1.807) is 4.90 Å². The van der Waals surface area contributed by atoms with Gasteiger partial charge in [-0.3, -0.25) is 14.3 Å². The fourth-order valence-electron chi connectivity index (χ4n) is 4.03. The van der Waals surface area contributed by atoms with Crippen LogP contribution in [0.15, 0.2) is 6.07 Å². The van der Waals surface area contributed by atoms with Crippen molar-refractivity contribution in [3.8, 4) is 0 Å². The van der Waals surface area contributed by atoms with Crippen LogP contribution in [0, 0.1) is 13.8 Å². The third kappa shape index (κ3) is 3.42. The quantitative estimate of drug-likeness (QED) is 0.802. The number of carbonyl (C=O) groups is 2. The highest BCUT2D eigenvalue weighted by Crippen LogP contribution is 2.28. The zero-order chi connectivity index (χ0) is 18.3. The number of carbonyl (C=O) groups excluding carboxylic acids is 2. The molecule has 2 amide bonds. The van der Waals surface area contributed by atoms with Crippen molar-refractivity contribution >= 4 is 11.8 Å². The molecule has 3 heterocycles. The first-order chi connectivity index (χ1) is 11.8. The van der Waals surface area contributed by atoms with Gasteiger partial charge in [0.2, 0.25) is 11.8 Å². The number of aromatic nitrogens is 2. The largest absolute Gasteiger partial charge is 0.335 e. The Hall–Kier alpha value is -1.89. The molecule has 1 aromatic rings. The minimum atomic E-state index is -0.370. The second-order valence-corrected chi connectivity index (χ2v) is 7.62. The molecule has 25 heavy (non-hydrogen) atoms. The molecular formula is C18H29N5O2. The maximum Gasteiger partial charge on any atom is 0.245 e. The van der Waals surface area contributed by atoms with Crippen LogP contribution in [-0.4, -0.2) is 81.6 Å². The maximum atomic E-state index is 12.8.